The highest BCUT2D eigenvalue weighted by Crippen LogP contribution is 2.22. The van der Waals surface area contributed by atoms with Crippen molar-refractivity contribution >= 4 is 16.9 Å². The van der Waals surface area contributed by atoms with Gasteiger partial charge in [0.1, 0.15) is 5.56 Å². The molecule has 2 aromatic rings. The number of rotatable bonds is 1. The minimum absolute atomic E-state index is 0.222. The number of hydrogen-bond acceptors (Lipinski definition) is 2. The molecule has 0 aliphatic carbocycles. The predicted octanol–water partition coefficient (Wildman–Crippen LogP) is 2.15. The second-order valence-corrected chi connectivity index (χ2v) is 4.22. The average molecular weight is 231 g/mol. The van der Waals surface area contributed by atoms with Crippen molar-refractivity contribution < 1.29 is 9.90 Å². The maximum atomic E-state index is 11.6. The molecule has 0 fully saturated rings. The van der Waals surface area contributed by atoms with Gasteiger partial charge in [-0.25, -0.2) is 4.79 Å². The van der Waals surface area contributed by atoms with Crippen LogP contribution in [0, 0.1) is 20.8 Å². The molecule has 0 radical (unpaired) electrons. The van der Waals surface area contributed by atoms with Crippen LogP contribution in [0.3, 0.4) is 0 Å². The smallest absolute Gasteiger partial charge is 0.341 e. The summed E-state index contributed by atoms with van der Waals surface area (Å²) in [6.45, 7) is 5.86. The van der Waals surface area contributed by atoms with Crippen molar-refractivity contribution in [3.05, 3.63) is 44.7 Å². The lowest BCUT2D eigenvalue weighted by Crippen LogP contribution is -2.17. The Morgan fingerprint density at radius 2 is 1.82 bits per heavy atom. The van der Waals surface area contributed by atoms with Crippen LogP contribution in [0.2, 0.25) is 0 Å². The zero-order valence-corrected chi connectivity index (χ0v) is 9.92. The van der Waals surface area contributed by atoms with E-state index in [1.54, 1.807) is 0 Å². The Kier molecular flexibility index (Phi) is 2.50. The molecule has 1 heterocycles. The molecule has 0 amide bonds. The van der Waals surface area contributed by atoms with Gasteiger partial charge >= 0.3 is 5.97 Å². The maximum absolute atomic E-state index is 11.6. The van der Waals surface area contributed by atoms with E-state index in [1.807, 2.05) is 26.8 Å². The Labute approximate surface area is 97.9 Å². The number of carbonyl (C=O) groups is 1. The quantitative estimate of drug-likeness (QED) is 0.790. The molecule has 2 N–H and O–H groups in total. The summed E-state index contributed by atoms with van der Waals surface area (Å²) in [7, 11) is 0. The lowest BCUT2D eigenvalue weighted by atomic mass is 9.99. The van der Waals surface area contributed by atoms with E-state index in [0.29, 0.717) is 5.52 Å². The predicted molar refractivity (Wildman–Crippen MR) is 65.7 cm³/mol. The maximum Gasteiger partial charge on any atom is 0.341 e. The van der Waals surface area contributed by atoms with Gasteiger partial charge in [0.05, 0.1) is 5.52 Å². The monoisotopic (exact) mass is 231 g/mol. The number of carboxylic acids is 1. The van der Waals surface area contributed by atoms with Gasteiger partial charge in [-0.15, -0.1) is 0 Å². The molecule has 88 valence electrons. The van der Waals surface area contributed by atoms with E-state index in [4.69, 9.17) is 5.11 Å². The van der Waals surface area contributed by atoms with Gasteiger partial charge in [-0.3, -0.25) is 4.79 Å². The molecular formula is C13H13NO3. The average Bonchev–Trinajstić information content (AvgIpc) is 2.26. The first-order valence-electron chi connectivity index (χ1n) is 5.29. The van der Waals surface area contributed by atoms with Crippen molar-refractivity contribution in [2.75, 3.05) is 0 Å². The number of aromatic nitrogens is 1. The molecule has 4 heteroatoms. The standard InChI is InChI=1S/C13H13NO3/c1-6-4-9-5-10(13(16)17)12(15)14-11(9)8(3)7(6)2/h4-5H,1-3H3,(H,14,15)(H,16,17). The van der Waals surface area contributed by atoms with Crippen LogP contribution in [-0.4, -0.2) is 16.1 Å². The lowest BCUT2D eigenvalue weighted by molar-refractivity contribution is 0.0695. The molecule has 2 rings (SSSR count). The van der Waals surface area contributed by atoms with Crippen molar-refractivity contribution in [2.45, 2.75) is 20.8 Å². The zero-order valence-electron chi connectivity index (χ0n) is 9.92. The number of aryl methyl sites for hydroxylation is 2. The summed E-state index contributed by atoms with van der Waals surface area (Å²) in [5, 5.41) is 9.65. The number of benzene rings is 1. The van der Waals surface area contributed by atoms with Crippen LogP contribution in [0.25, 0.3) is 10.9 Å². The summed E-state index contributed by atoms with van der Waals surface area (Å²) in [4.78, 5) is 25.1. The minimum atomic E-state index is -1.20. The summed E-state index contributed by atoms with van der Waals surface area (Å²) in [5.74, 6) is -1.20. The fourth-order valence-electron chi connectivity index (χ4n) is 1.95. The first kappa shape index (κ1) is 11.4. The second kappa shape index (κ2) is 3.73. The van der Waals surface area contributed by atoms with Gasteiger partial charge < -0.3 is 10.1 Å². The van der Waals surface area contributed by atoms with E-state index < -0.39 is 11.5 Å². The SMILES string of the molecule is Cc1cc2cc(C(=O)O)c(=O)[nH]c2c(C)c1C. The van der Waals surface area contributed by atoms with Crippen LogP contribution in [0.4, 0.5) is 0 Å². The molecule has 0 aliphatic heterocycles. The highest BCUT2D eigenvalue weighted by atomic mass is 16.4. The van der Waals surface area contributed by atoms with Crippen molar-refractivity contribution in [3.8, 4) is 0 Å². The first-order chi connectivity index (χ1) is 7.91. The van der Waals surface area contributed by atoms with E-state index in [9.17, 15) is 9.59 Å². The summed E-state index contributed by atoms with van der Waals surface area (Å²) >= 11 is 0. The van der Waals surface area contributed by atoms with Gasteiger partial charge in [0.2, 0.25) is 0 Å². The Hall–Kier alpha value is -2.10. The summed E-state index contributed by atoms with van der Waals surface area (Å²) in [5.41, 5.74) is 3.10. The molecular weight excluding hydrogens is 218 g/mol. The molecule has 17 heavy (non-hydrogen) atoms. The summed E-state index contributed by atoms with van der Waals surface area (Å²) in [6.07, 6.45) is 0. The number of carboxylic acid groups (broad SMARTS) is 1. The van der Waals surface area contributed by atoms with Gasteiger partial charge in [-0.05, 0) is 55.0 Å². The van der Waals surface area contributed by atoms with Crippen molar-refractivity contribution in [1.29, 1.82) is 0 Å². The molecule has 0 spiro atoms. The number of H-pyrrole nitrogens is 1. The minimum Gasteiger partial charge on any atom is -0.477 e. The number of pyridine rings is 1. The third-order valence-corrected chi connectivity index (χ3v) is 3.20. The van der Waals surface area contributed by atoms with Crippen LogP contribution >= 0.6 is 0 Å². The molecule has 0 saturated carbocycles. The molecule has 1 aromatic carbocycles. The fourth-order valence-corrected chi connectivity index (χ4v) is 1.95. The van der Waals surface area contributed by atoms with Crippen LogP contribution in [0.5, 0.6) is 0 Å². The number of aromatic amines is 1. The van der Waals surface area contributed by atoms with Gasteiger partial charge in [0, 0.05) is 0 Å². The van der Waals surface area contributed by atoms with Crippen molar-refractivity contribution in [2.24, 2.45) is 0 Å². The molecule has 4 nitrogen and oxygen atoms in total. The Balaban J connectivity index is 2.94. The van der Waals surface area contributed by atoms with Crippen LogP contribution in [-0.2, 0) is 0 Å². The molecule has 0 aliphatic rings. The Morgan fingerprint density at radius 3 is 2.41 bits per heavy atom. The molecule has 0 unspecified atom stereocenters. The molecule has 0 saturated heterocycles. The van der Waals surface area contributed by atoms with Gasteiger partial charge in [-0.2, -0.15) is 0 Å². The third-order valence-electron chi connectivity index (χ3n) is 3.20. The number of aromatic carboxylic acids is 1. The third kappa shape index (κ3) is 1.71. The Bertz CT molecular complexity index is 683. The van der Waals surface area contributed by atoms with Crippen LogP contribution in [0.15, 0.2) is 16.9 Å². The molecule has 0 atom stereocenters. The van der Waals surface area contributed by atoms with Crippen LogP contribution < -0.4 is 5.56 Å². The number of fused-ring (bicyclic) bond motifs is 1. The number of nitrogens with one attached hydrogen (secondary N) is 1. The van der Waals surface area contributed by atoms with E-state index in [1.165, 1.54) is 6.07 Å². The van der Waals surface area contributed by atoms with Crippen molar-refractivity contribution in [3.63, 3.8) is 0 Å². The van der Waals surface area contributed by atoms with E-state index >= 15 is 0 Å². The highest BCUT2D eigenvalue weighted by molar-refractivity contribution is 5.93. The second-order valence-electron chi connectivity index (χ2n) is 4.22. The highest BCUT2D eigenvalue weighted by Gasteiger charge is 2.12. The largest absolute Gasteiger partial charge is 0.477 e. The van der Waals surface area contributed by atoms with Crippen LogP contribution in [0.1, 0.15) is 27.0 Å². The van der Waals surface area contributed by atoms with Gasteiger partial charge in [0.15, 0.2) is 0 Å². The number of hydrogen-bond donors (Lipinski definition) is 2. The molecule has 0 bridgehead atoms. The Morgan fingerprint density at radius 1 is 1.18 bits per heavy atom. The zero-order chi connectivity index (χ0) is 12.7. The van der Waals surface area contributed by atoms with E-state index in [-0.39, 0.29) is 5.56 Å². The van der Waals surface area contributed by atoms with Gasteiger partial charge in [0.25, 0.3) is 5.56 Å². The van der Waals surface area contributed by atoms with E-state index in [0.717, 1.165) is 22.1 Å². The normalized spacial score (nSPS) is 10.8. The lowest BCUT2D eigenvalue weighted by Gasteiger charge is -2.09. The van der Waals surface area contributed by atoms with Gasteiger partial charge in [-0.1, -0.05) is 0 Å². The van der Waals surface area contributed by atoms with Crippen molar-refractivity contribution in [1.82, 2.24) is 4.98 Å². The molecule has 1 aromatic heterocycles. The fraction of sp³-hybridized carbons (Fsp3) is 0.231. The first-order valence-corrected chi connectivity index (χ1v) is 5.29. The summed E-state index contributed by atoms with van der Waals surface area (Å²) < 4.78 is 0. The summed E-state index contributed by atoms with van der Waals surface area (Å²) in [6, 6.07) is 3.32. The van der Waals surface area contributed by atoms with E-state index in [2.05, 4.69) is 4.98 Å². The topological polar surface area (TPSA) is 70.2 Å².